The molecule has 15 heavy (non-hydrogen) atoms. The molecule has 1 aromatic heterocycles. The lowest BCUT2D eigenvalue weighted by molar-refractivity contribution is 0.340. The lowest BCUT2D eigenvalue weighted by atomic mass is 10.1. The molecule has 0 unspecified atom stereocenters. The van der Waals surface area contributed by atoms with Crippen molar-refractivity contribution in [2.45, 2.75) is 6.92 Å². The highest BCUT2D eigenvalue weighted by Crippen LogP contribution is 2.27. The monoisotopic (exact) mass is 204 g/mol. The average Bonchev–Trinajstić information content (AvgIpc) is 2.65. The molecule has 2 N–H and O–H groups in total. The SMILES string of the molecule is CCOc1cccc(-c2conc2N)c1. The number of rotatable bonds is 3. The van der Waals surface area contributed by atoms with Crippen LogP contribution in [0.25, 0.3) is 11.1 Å². The van der Waals surface area contributed by atoms with Crippen LogP contribution in [0.3, 0.4) is 0 Å². The van der Waals surface area contributed by atoms with Crippen LogP contribution in [0.1, 0.15) is 6.92 Å². The summed E-state index contributed by atoms with van der Waals surface area (Å²) in [5.41, 5.74) is 7.38. The molecule has 0 atom stereocenters. The van der Waals surface area contributed by atoms with Gasteiger partial charge in [0.1, 0.15) is 12.0 Å². The molecule has 0 radical (unpaired) electrons. The lowest BCUT2D eigenvalue weighted by Gasteiger charge is -2.04. The van der Waals surface area contributed by atoms with Crippen LogP contribution < -0.4 is 10.5 Å². The molecular weight excluding hydrogens is 192 g/mol. The number of benzene rings is 1. The van der Waals surface area contributed by atoms with Crippen LogP contribution in [-0.2, 0) is 0 Å². The zero-order valence-electron chi connectivity index (χ0n) is 8.43. The summed E-state index contributed by atoms with van der Waals surface area (Å²) >= 11 is 0. The standard InChI is InChI=1S/C11H12N2O2/c1-2-14-9-5-3-4-8(6-9)10-7-15-13-11(10)12/h3-7H,2H2,1H3,(H2,12,13). The Labute approximate surface area is 87.6 Å². The lowest BCUT2D eigenvalue weighted by Crippen LogP contribution is -1.92. The molecule has 1 aromatic carbocycles. The highest BCUT2D eigenvalue weighted by atomic mass is 16.5. The van der Waals surface area contributed by atoms with Crippen LogP contribution in [0, 0.1) is 0 Å². The van der Waals surface area contributed by atoms with Crippen molar-refractivity contribution in [2.75, 3.05) is 12.3 Å². The summed E-state index contributed by atoms with van der Waals surface area (Å²) in [5, 5.41) is 3.63. The number of anilines is 1. The molecule has 0 aliphatic rings. The molecule has 0 saturated carbocycles. The zero-order valence-corrected chi connectivity index (χ0v) is 8.43. The molecule has 4 nitrogen and oxygen atoms in total. The fraction of sp³-hybridized carbons (Fsp3) is 0.182. The number of nitrogen functional groups attached to an aromatic ring is 1. The summed E-state index contributed by atoms with van der Waals surface area (Å²) in [4.78, 5) is 0. The summed E-state index contributed by atoms with van der Waals surface area (Å²) in [5.74, 6) is 1.21. The van der Waals surface area contributed by atoms with Crippen molar-refractivity contribution in [1.29, 1.82) is 0 Å². The van der Waals surface area contributed by atoms with Gasteiger partial charge in [-0.05, 0) is 24.6 Å². The second kappa shape index (κ2) is 4.04. The largest absolute Gasteiger partial charge is 0.494 e. The first-order chi connectivity index (χ1) is 7.31. The van der Waals surface area contributed by atoms with Crippen LogP contribution in [0.15, 0.2) is 35.1 Å². The van der Waals surface area contributed by atoms with E-state index in [1.807, 2.05) is 31.2 Å². The third kappa shape index (κ3) is 1.93. The van der Waals surface area contributed by atoms with E-state index in [0.717, 1.165) is 16.9 Å². The second-order valence-electron chi connectivity index (χ2n) is 3.07. The van der Waals surface area contributed by atoms with E-state index < -0.39 is 0 Å². The van der Waals surface area contributed by atoms with Gasteiger partial charge < -0.3 is 15.0 Å². The van der Waals surface area contributed by atoms with E-state index >= 15 is 0 Å². The smallest absolute Gasteiger partial charge is 0.174 e. The Bertz CT molecular complexity index is 451. The molecule has 0 amide bonds. The van der Waals surface area contributed by atoms with Gasteiger partial charge >= 0.3 is 0 Å². The Morgan fingerprint density at radius 3 is 3.00 bits per heavy atom. The molecule has 78 valence electrons. The fourth-order valence-corrected chi connectivity index (χ4v) is 1.38. The summed E-state index contributed by atoms with van der Waals surface area (Å²) in [7, 11) is 0. The highest BCUT2D eigenvalue weighted by molar-refractivity contribution is 5.73. The van der Waals surface area contributed by atoms with Crippen molar-refractivity contribution in [2.24, 2.45) is 0 Å². The van der Waals surface area contributed by atoms with Crippen molar-refractivity contribution in [3.8, 4) is 16.9 Å². The summed E-state index contributed by atoms with van der Waals surface area (Å²) < 4.78 is 10.2. The number of nitrogens with zero attached hydrogens (tertiary/aromatic N) is 1. The van der Waals surface area contributed by atoms with Gasteiger partial charge in [0, 0.05) is 0 Å². The Hall–Kier alpha value is -1.97. The summed E-state index contributed by atoms with van der Waals surface area (Å²) in [6, 6.07) is 7.65. The third-order valence-electron chi connectivity index (χ3n) is 2.05. The molecule has 1 heterocycles. The van der Waals surface area contributed by atoms with Crippen molar-refractivity contribution in [1.82, 2.24) is 5.16 Å². The van der Waals surface area contributed by atoms with Crippen LogP contribution in [0.2, 0.25) is 0 Å². The first-order valence-electron chi connectivity index (χ1n) is 4.74. The van der Waals surface area contributed by atoms with E-state index in [0.29, 0.717) is 12.4 Å². The van der Waals surface area contributed by atoms with Gasteiger partial charge in [-0.2, -0.15) is 0 Å². The Morgan fingerprint density at radius 2 is 2.33 bits per heavy atom. The average molecular weight is 204 g/mol. The van der Waals surface area contributed by atoms with Gasteiger partial charge in [-0.15, -0.1) is 0 Å². The molecule has 2 rings (SSSR count). The van der Waals surface area contributed by atoms with E-state index in [-0.39, 0.29) is 0 Å². The molecule has 0 bridgehead atoms. The van der Waals surface area contributed by atoms with Gasteiger partial charge in [0.05, 0.1) is 12.2 Å². The maximum atomic E-state index is 5.65. The minimum absolute atomic E-state index is 0.392. The fourth-order valence-electron chi connectivity index (χ4n) is 1.38. The van der Waals surface area contributed by atoms with Crippen molar-refractivity contribution in [3.05, 3.63) is 30.5 Å². The Morgan fingerprint density at radius 1 is 1.47 bits per heavy atom. The molecule has 0 aliphatic heterocycles. The van der Waals surface area contributed by atoms with Gasteiger partial charge in [-0.25, -0.2) is 0 Å². The maximum Gasteiger partial charge on any atom is 0.174 e. The summed E-state index contributed by atoms with van der Waals surface area (Å²) in [6.07, 6.45) is 1.53. The van der Waals surface area contributed by atoms with E-state index in [4.69, 9.17) is 15.0 Å². The molecule has 0 saturated heterocycles. The topological polar surface area (TPSA) is 61.3 Å². The van der Waals surface area contributed by atoms with Crippen LogP contribution in [0.4, 0.5) is 5.82 Å². The Balaban J connectivity index is 2.37. The number of hydrogen-bond acceptors (Lipinski definition) is 4. The van der Waals surface area contributed by atoms with Crippen LogP contribution in [0.5, 0.6) is 5.75 Å². The molecule has 0 spiro atoms. The van der Waals surface area contributed by atoms with Crippen molar-refractivity contribution in [3.63, 3.8) is 0 Å². The number of nitrogens with two attached hydrogens (primary N) is 1. The molecule has 0 fully saturated rings. The number of ether oxygens (including phenoxy) is 1. The van der Waals surface area contributed by atoms with Crippen molar-refractivity contribution >= 4 is 5.82 Å². The predicted octanol–water partition coefficient (Wildman–Crippen LogP) is 2.32. The molecule has 2 aromatic rings. The maximum absolute atomic E-state index is 5.65. The summed E-state index contributed by atoms with van der Waals surface area (Å²) in [6.45, 7) is 2.59. The first kappa shape index (κ1) is 9.58. The van der Waals surface area contributed by atoms with Gasteiger partial charge in [0.15, 0.2) is 5.82 Å². The predicted molar refractivity (Wildman–Crippen MR) is 57.5 cm³/mol. The number of hydrogen-bond donors (Lipinski definition) is 1. The van der Waals surface area contributed by atoms with Gasteiger partial charge in [-0.3, -0.25) is 0 Å². The third-order valence-corrected chi connectivity index (χ3v) is 2.05. The normalized spacial score (nSPS) is 10.2. The van der Waals surface area contributed by atoms with E-state index in [1.54, 1.807) is 0 Å². The van der Waals surface area contributed by atoms with Crippen molar-refractivity contribution < 1.29 is 9.26 Å². The van der Waals surface area contributed by atoms with E-state index in [1.165, 1.54) is 6.26 Å². The Kier molecular flexibility index (Phi) is 2.58. The van der Waals surface area contributed by atoms with Crippen LogP contribution >= 0.6 is 0 Å². The van der Waals surface area contributed by atoms with E-state index in [9.17, 15) is 0 Å². The highest BCUT2D eigenvalue weighted by Gasteiger charge is 2.07. The first-order valence-corrected chi connectivity index (χ1v) is 4.74. The zero-order chi connectivity index (χ0) is 10.7. The van der Waals surface area contributed by atoms with Gasteiger partial charge in [-0.1, -0.05) is 17.3 Å². The molecule has 4 heteroatoms. The van der Waals surface area contributed by atoms with Gasteiger partial charge in [0.2, 0.25) is 0 Å². The second-order valence-corrected chi connectivity index (χ2v) is 3.07. The van der Waals surface area contributed by atoms with Crippen LogP contribution in [-0.4, -0.2) is 11.8 Å². The quantitative estimate of drug-likeness (QED) is 0.833. The van der Waals surface area contributed by atoms with Gasteiger partial charge in [0.25, 0.3) is 0 Å². The van der Waals surface area contributed by atoms with E-state index in [2.05, 4.69) is 5.16 Å². The molecule has 0 aliphatic carbocycles. The minimum Gasteiger partial charge on any atom is -0.494 e. The number of aromatic nitrogens is 1. The molecular formula is C11H12N2O2. The minimum atomic E-state index is 0.392.